The van der Waals surface area contributed by atoms with Crippen LogP contribution in [0.4, 0.5) is 10.1 Å². The van der Waals surface area contributed by atoms with Crippen LogP contribution in [0.1, 0.15) is 0 Å². The quantitative estimate of drug-likeness (QED) is 0.944. The van der Waals surface area contributed by atoms with Gasteiger partial charge in [0.05, 0.1) is 5.69 Å². The van der Waals surface area contributed by atoms with Gasteiger partial charge in [-0.2, -0.15) is 8.42 Å². The molecule has 0 spiro atoms. The summed E-state index contributed by atoms with van der Waals surface area (Å²) in [7, 11) is -4.06. The summed E-state index contributed by atoms with van der Waals surface area (Å²) in [5.74, 6) is -0.910. The Bertz CT molecular complexity index is 676. The number of pyridine rings is 1. The van der Waals surface area contributed by atoms with E-state index in [2.05, 4.69) is 9.71 Å². The largest absolute Gasteiger partial charge is 0.282 e. The first-order valence-electron chi connectivity index (χ1n) is 4.88. The molecule has 0 aliphatic heterocycles. The number of nitrogens with zero attached hydrogens (tertiary/aromatic N) is 1. The standard InChI is InChI=1S/C11H8ClFN2O2S/c12-8-3-1-4-9(7-8)15-18(16,17)11-10(13)5-2-6-14-11/h1-7,15H. The van der Waals surface area contributed by atoms with Crippen LogP contribution in [0.25, 0.3) is 0 Å². The van der Waals surface area contributed by atoms with E-state index < -0.39 is 20.9 Å². The van der Waals surface area contributed by atoms with E-state index >= 15 is 0 Å². The molecule has 0 bridgehead atoms. The molecule has 0 aliphatic rings. The molecule has 0 aliphatic carbocycles. The van der Waals surface area contributed by atoms with Crippen LogP contribution in [-0.4, -0.2) is 13.4 Å². The maximum Gasteiger partial charge on any atom is 0.282 e. The Morgan fingerprint density at radius 3 is 2.67 bits per heavy atom. The Balaban J connectivity index is 2.37. The predicted molar refractivity (Wildman–Crippen MR) is 66.5 cm³/mol. The fraction of sp³-hybridized carbons (Fsp3) is 0. The van der Waals surface area contributed by atoms with Crippen molar-refractivity contribution in [2.75, 3.05) is 4.72 Å². The van der Waals surface area contributed by atoms with Crippen LogP contribution in [0.2, 0.25) is 5.02 Å². The summed E-state index contributed by atoms with van der Waals surface area (Å²) in [5.41, 5.74) is 0.243. The van der Waals surface area contributed by atoms with Gasteiger partial charge in [0.25, 0.3) is 10.0 Å². The average Bonchev–Trinajstić information content (AvgIpc) is 2.28. The molecule has 0 saturated heterocycles. The lowest BCUT2D eigenvalue weighted by Crippen LogP contribution is -2.16. The predicted octanol–water partition coefficient (Wildman–Crippen LogP) is 2.67. The molecule has 1 heterocycles. The third-order valence-electron chi connectivity index (χ3n) is 2.06. The third-order valence-corrected chi connectivity index (χ3v) is 3.61. The van der Waals surface area contributed by atoms with Gasteiger partial charge in [-0.3, -0.25) is 4.72 Å². The van der Waals surface area contributed by atoms with E-state index in [1.165, 1.54) is 24.4 Å². The molecule has 0 saturated carbocycles. The molecule has 2 rings (SSSR count). The van der Waals surface area contributed by atoms with Gasteiger partial charge in [0.1, 0.15) is 0 Å². The van der Waals surface area contributed by atoms with E-state index in [0.717, 1.165) is 6.07 Å². The molecule has 0 amide bonds. The minimum atomic E-state index is -4.06. The van der Waals surface area contributed by atoms with Crippen molar-refractivity contribution in [2.45, 2.75) is 5.03 Å². The normalized spacial score (nSPS) is 11.2. The Morgan fingerprint density at radius 1 is 1.22 bits per heavy atom. The van der Waals surface area contributed by atoms with E-state index in [1.807, 2.05) is 0 Å². The number of halogens is 2. The minimum Gasteiger partial charge on any atom is -0.278 e. The second-order valence-corrected chi connectivity index (χ2v) is 5.44. The van der Waals surface area contributed by atoms with Crippen LogP contribution >= 0.6 is 11.6 Å². The van der Waals surface area contributed by atoms with Crippen LogP contribution in [0.15, 0.2) is 47.6 Å². The number of nitrogens with one attached hydrogen (secondary N) is 1. The van der Waals surface area contributed by atoms with Gasteiger partial charge >= 0.3 is 0 Å². The van der Waals surface area contributed by atoms with Crippen molar-refractivity contribution < 1.29 is 12.8 Å². The average molecular weight is 287 g/mol. The summed E-state index contributed by atoms with van der Waals surface area (Å²) in [6, 6.07) is 8.44. The van der Waals surface area contributed by atoms with Crippen LogP contribution in [-0.2, 0) is 10.0 Å². The lowest BCUT2D eigenvalue weighted by Gasteiger charge is -2.07. The molecule has 1 N–H and O–H groups in total. The van der Waals surface area contributed by atoms with E-state index in [-0.39, 0.29) is 5.69 Å². The van der Waals surface area contributed by atoms with Gasteiger partial charge in [-0.25, -0.2) is 9.37 Å². The van der Waals surface area contributed by atoms with Crippen molar-refractivity contribution in [3.63, 3.8) is 0 Å². The van der Waals surface area contributed by atoms with E-state index in [4.69, 9.17) is 11.6 Å². The molecule has 0 radical (unpaired) electrons. The van der Waals surface area contributed by atoms with E-state index in [1.54, 1.807) is 12.1 Å². The third kappa shape index (κ3) is 2.77. The number of hydrogen-bond acceptors (Lipinski definition) is 3. The molecule has 94 valence electrons. The first-order valence-corrected chi connectivity index (χ1v) is 6.74. The molecule has 7 heteroatoms. The fourth-order valence-electron chi connectivity index (χ4n) is 1.32. The molecule has 1 aromatic carbocycles. The summed E-state index contributed by atoms with van der Waals surface area (Å²) >= 11 is 5.73. The number of rotatable bonds is 3. The van der Waals surface area contributed by atoms with Gasteiger partial charge in [0.2, 0.25) is 5.03 Å². The lowest BCUT2D eigenvalue weighted by atomic mass is 10.3. The topological polar surface area (TPSA) is 59.1 Å². The second-order valence-electron chi connectivity index (χ2n) is 3.41. The minimum absolute atomic E-state index is 0.243. The first-order chi connectivity index (χ1) is 8.49. The number of anilines is 1. The summed E-state index contributed by atoms with van der Waals surface area (Å²) in [6.07, 6.45) is 1.20. The van der Waals surface area contributed by atoms with Gasteiger partial charge in [0.15, 0.2) is 5.82 Å². The Labute approximate surface area is 108 Å². The van der Waals surface area contributed by atoms with Gasteiger partial charge in [-0.05, 0) is 30.3 Å². The molecule has 1 aromatic heterocycles. The van der Waals surface area contributed by atoms with Gasteiger partial charge in [-0.1, -0.05) is 17.7 Å². The lowest BCUT2D eigenvalue weighted by molar-refractivity contribution is 0.557. The van der Waals surface area contributed by atoms with Crippen LogP contribution in [0.5, 0.6) is 0 Å². The van der Waals surface area contributed by atoms with Crippen molar-refractivity contribution in [2.24, 2.45) is 0 Å². The van der Waals surface area contributed by atoms with Crippen LogP contribution < -0.4 is 4.72 Å². The molecular formula is C11H8ClFN2O2S. The zero-order chi connectivity index (χ0) is 13.2. The number of sulfonamides is 1. The number of hydrogen-bond donors (Lipinski definition) is 1. The molecule has 0 fully saturated rings. The van der Waals surface area contributed by atoms with E-state index in [9.17, 15) is 12.8 Å². The second kappa shape index (κ2) is 4.91. The van der Waals surface area contributed by atoms with Crippen molar-refractivity contribution >= 4 is 27.3 Å². The summed E-state index contributed by atoms with van der Waals surface area (Å²) in [6.45, 7) is 0. The Morgan fingerprint density at radius 2 is 2.00 bits per heavy atom. The molecule has 4 nitrogen and oxygen atoms in total. The maximum atomic E-state index is 13.4. The highest BCUT2D eigenvalue weighted by molar-refractivity contribution is 7.92. The fourth-order valence-corrected chi connectivity index (χ4v) is 2.57. The van der Waals surface area contributed by atoms with Crippen molar-refractivity contribution in [3.05, 3.63) is 53.4 Å². The summed E-state index contributed by atoms with van der Waals surface area (Å²) in [5, 5.41) is -0.276. The van der Waals surface area contributed by atoms with E-state index in [0.29, 0.717) is 5.02 Å². The number of aromatic nitrogens is 1. The van der Waals surface area contributed by atoms with Gasteiger partial charge in [0, 0.05) is 11.2 Å². The summed E-state index contributed by atoms with van der Waals surface area (Å²) in [4.78, 5) is 3.51. The van der Waals surface area contributed by atoms with Crippen molar-refractivity contribution in [1.82, 2.24) is 4.98 Å². The zero-order valence-corrected chi connectivity index (χ0v) is 10.5. The highest BCUT2D eigenvalue weighted by Gasteiger charge is 2.20. The maximum absolute atomic E-state index is 13.4. The van der Waals surface area contributed by atoms with Crippen LogP contribution in [0, 0.1) is 5.82 Å². The first kappa shape index (κ1) is 12.8. The highest BCUT2D eigenvalue weighted by atomic mass is 35.5. The zero-order valence-electron chi connectivity index (χ0n) is 8.97. The van der Waals surface area contributed by atoms with Crippen molar-refractivity contribution in [3.8, 4) is 0 Å². The van der Waals surface area contributed by atoms with Gasteiger partial charge in [-0.15, -0.1) is 0 Å². The molecule has 18 heavy (non-hydrogen) atoms. The molecular weight excluding hydrogens is 279 g/mol. The van der Waals surface area contributed by atoms with Crippen LogP contribution in [0.3, 0.4) is 0 Å². The molecule has 0 atom stereocenters. The monoisotopic (exact) mass is 286 g/mol. The Kier molecular flexibility index (Phi) is 3.49. The molecule has 0 unspecified atom stereocenters. The molecule has 2 aromatic rings. The highest BCUT2D eigenvalue weighted by Crippen LogP contribution is 2.19. The van der Waals surface area contributed by atoms with Crippen molar-refractivity contribution in [1.29, 1.82) is 0 Å². The smallest absolute Gasteiger partial charge is 0.278 e. The Hall–Kier alpha value is -1.66. The SMILES string of the molecule is O=S(=O)(Nc1cccc(Cl)c1)c1ncccc1F. The number of benzene rings is 1. The van der Waals surface area contributed by atoms with Gasteiger partial charge < -0.3 is 0 Å². The summed E-state index contributed by atoms with van der Waals surface area (Å²) < 4.78 is 39.3.